The van der Waals surface area contributed by atoms with E-state index in [2.05, 4.69) is 46.6 Å². The quantitative estimate of drug-likeness (QED) is 0.445. The van der Waals surface area contributed by atoms with Crippen LogP contribution in [-0.4, -0.2) is 27.1 Å². The first-order chi connectivity index (χ1) is 14.1. The van der Waals surface area contributed by atoms with Gasteiger partial charge in [-0.1, -0.05) is 47.5 Å². The molecule has 0 spiro atoms. The zero-order valence-electron chi connectivity index (χ0n) is 16.4. The minimum atomic E-state index is -0.118. The normalized spacial score (nSPS) is 11.0. The summed E-state index contributed by atoms with van der Waals surface area (Å²) in [6.45, 7) is 4.58. The molecule has 1 N–H and O–H groups in total. The van der Waals surface area contributed by atoms with E-state index in [9.17, 15) is 4.79 Å². The summed E-state index contributed by atoms with van der Waals surface area (Å²) in [5.74, 6) is 1.03. The molecule has 0 fully saturated rings. The summed E-state index contributed by atoms with van der Waals surface area (Å²) in [7, 11) is 0. The van der Waals surface area contributed by atoms with Gasteiger partial charge in [0.2, 0.25) is 16.8 Å². The van der Waals surface area contributed by atoms with E-state index < -0.39 is 0 Å². The Kier molecular flexibility index (Phi) is 5.57. The Morgan fingerprint density at radius 2 is 1.76 bits per heavy atom. The van der Waals surface area contributed by atoms with Gasteiger partial charge in [0.1, 0.15) is 5.75 Å². The molecule has 7 heteroatoms. The van der Waals surface area contributed by atoms with Crippen molar-refractivity contribution in [2.75, 3.05) is 11.9 Å². The van der Waals surface area contributed by atoms with Crippen LogP contribution in [0.3, 0.4) is 0 Å². The third-order valence-electron chi connectivity index (χ3n) is 4.52. The third kappa shape index (κ3) is 4.63. The summed E-state index contributed by atoms with van der Waals surface area (Å²) < 4.78 is 7.43. The highest BCUT2D eigenvalue weighted by Gasteiger charge is 2.13. The molecule has 0 unspecified atom stereocenters. The topological polar surface area (TPSA) is 68.5 Å². The summed E-state index contributed by atoms with van der Waals surface area (Å²) in [6.07, 6.45) is 0.972. The fourth-order valence-electron chi connectivity index (χ4n) is 2.90. The van der Waals surface area contributed by atoms with Gasteiger partial charge in [0.05, 0.1) is 12.3 Å². The van der Waals surface area contributed by atoms with Gasteiger partial charge in [-0.3, -0.25) is 10.1 Å². The Morgan fingerprint density at radius 3 is 2.48 bits per heavy atom. The average molecular weight is 407 g/mol. The minimum Gasteiger partial charge on any atom is -0.494 e. The van der Waals surface area contributed by atoms with Crippen molar-refractivity contribution < 1.29 is 9.53 Å². The number of carbonyl (C=O) groups excluding carboxylic acids is 1. The maximum Gasteiger partial charge on any atom is 0.250 e. The van der Waals surface area contributed by atoms with Crippen LogP contribution in [0.25, 0.3) is 16.2 Å². The van der Waals surface area contributed by atoms with Gasteiger partial charge in [0, 0.05) is 17.4 Å². The molecule has 0 bridgehead atoms. The fourth-order valence-corrected chi connectivity index (χ4v) is 3.73. The number of anilines is 1. The molecule has 29 heavy (non-hydrogen) atoms. The first-order valence-corrected chi connectivity index (χ1v) is 10.4. The van der Waals surface area contributed by atoms with Crippen LogP contribution in [0, 0.1) is 13.8 Å². The zero-order valence-corrected chi connectivity index (χ0v) is 17.2. The summed E-state index contributed by atoms with van der Waals surface area (Å²) in [5, 5.41) is 9.25. The van der Waals surface area contributed by atoms with Crippen molar-refractivity contribution in [2.45, 2.75) is 26.7 Å². The molecule has 0 aliphatic carbocycles. The molecule has 0 saturated heterocycles. The first kappa shape index (κ1) is 19.1. The molecule has 2 aromatic carbocycles. The Hall–Kier alpha value is -3.19. The highest BCUT2D eigenvalue weighted by atomic mass is 32.1. The first-order valence-electron chi connectivity index (χ1n) is 9.49. The smallest absolute Gasteiger partial charge is 0.250 e. The van der Waals surface area contributed by atoms with Gasteiger partial charge in [0.25, 0.3) is 0 Å². The molecule has 0 saturated carbocycles. The molecule has 4 rings (SSSR count). The highest BCUT2D eigenvalue weighted by Crippen LogP contribution is 2.26. The van der Waals surface area contributed by atoms with E-state index >= 15 is 0 Å². The lowest BCUT2D eigenvalue weighted by Gasteiger charge is -2.06. The average Bonchev–Trinajstić information content (AvgIpc) is 3.27. The Bertz CT molecular complexity index is 1110. The largest absolute Gasteiger partial charge is 0.494 e. The lowest BCUT2D eigenvalue weighted by atomic mass is 10.1. The Labute approximate surface area is 173 Å². The van der Waals surface area contributed by atoms with Gasteiger partial charge in [-0.15, -0.1) is 16.4 Å². The minimum absolute atomic E-state index is 0.118. The lowest BCUT2D eigenvalue weighted by molar-refractivity contribution is -0.116. The van der Waals surface area contributed by atoms with Crippen molar-refractivity contribution in [3.05, 3.63) is 65.0 Å². The van der Waals surface area contributed by atoms with Crippen LogP contribution >= 0.6 is 11.3 Å². The number of ether oxygens (including phenoxy) is 1. The molecule has 2 aromatic heterocycles. The van der Waals surface area contributed by atoms with E-state index in [0.717, 1.165) is 22.0 Å². The number of nitrogens with zero attached hydrogens (tertiary/aromatic N) is 3. The monoisotopic (exact) mass is 406 g/mol. The van der Waals surface area contributed by atoms with Crippen molar-refractivity contribution in [1.29, 1.82) is 0 Å². The lowest BCUT2D eigenvalue weighted by Crippen LogP contribution is -2.14. The van der Waals surface area contributed by atoms with Gasteiger partial charge >= 0.3 is 0 Å². The molecule has 2 heterocycles. The molecule has 0 aliphatic rings. The maximum atomic E-state index is 12.2. The number of hydrogen-bond acceptors (Lipinski definition) is 5. The van der Waals surface area contributed by atoms with Crippen LogP contribution in [0.15, 0.2) is 53.9 Å². The second kappa shape index (κ2) is 8.45. The Balaban J connectivity index is 1.32. The van der Waals surface area contributed by atoms with Crippen molar-refractivity contribution in [3.8, 4) is 17.0 Å². The number of nitrogens with one attached hydrogen (secondary N) is 1. The molecule has 148 valence electrons. The number of fused-ring (bicyclic) bond motifs is 1. The van der Waals surface area contributed by atoms with Crippen LogP contribution in [-0.2, 0) is 4.79 Å². The molecule has 0 radical (unpaired) electrons. The molecule has 0 aliphatic heterocycles. The summed E-state index contributed by atoms with van der Waals surface area (Å²) in [4.78, 5) is 17.4. The zero-order chi connectivity index (χ0) is 20.2. The maximum absolute atomic E-state index is 12.2. The Morgan fingerprint density at radius 1 is 1.07 bits per heavy atom. The van der Waals surface area contributed by atoms with Gasteiger partial charge < -0.3 is 4.74 Å². The molecular weight excluding hydrogens is 384 g/mol. The molecular formula is C22H22N4O2S. The number of aryl methyl sites for hydroxylation is 2. The van der Waals surface area contributed by atoms with Crippen LogP contribution in [0.1, 0.15) is 24.0 Å². The third-order valence-corrected chi connectivity index (χ3v) is 5.33. The van der Waals surface area contributed by atoms with Crippen molar-refractivity contribution >= 4 is 28.2 Å². The SMILES string of the molecule is Cc1ccc(OCCCC(=O)Nc2nc3scc(-c4ccc(C)cc4)n3n2)cc1. The predicted octanol–water partition coefficient (Wildman–Crippen LogP) is 4.87. The van der Waals surface area contributed by atoms with E-state index in [0.29, 0.717) is 25.4 Å². The van der Waals surface area contributed by atoms with E-state index in [-0.39, 0.29) is 5.91 Å². The number of benzene rings is 2. The standard InChI is InChI=1S/C22H22N4O2S/c1-15-5-9-17(10-6-15)19-14-29-22-24-21(25-26(19)22)23-20(27)4-3-13-28-18-11-7-16(2)8-12-18/h5-12,14H,3-4,13H2,1-2H3,(H,23,25,27). The van der Waals surface area contributed by atoms with Crippen molar-refractivity contribution in [1.82, 2.24) is 14.6 Å². The number of rotatable bonds is 7. The number of carbonyl (C=O) groups is 1. The molecule has 0 atom stereocenters. The molecule has 1 amide bonds. The fraction of sp³-hybridized carbons (Fsp3) is 0.227. The second-order valence-corrected chi connectivity index (χ2v) is 7.77. The van der Waals surface area contributed by atoms with Crippen LogP contribution < -0.4 is 10.1 Å². The number of hydrogen-bond donors (Lipinski definition) is 1. The number of aromatic nitrogens is 3. The van der Waals surface area contributed by atoms with Crippen LogP contribution in [0.5, 0.6) is 5.75 Å². The van der Waals surface area contributed by atoms with Crippen LogP contribution in [0.2, 0.25) is 0 Å². The van der Waals surface area contributed by atoms with E-state index in [1.807, 2.05) is 36.6 Å². The van der Waals surface area contributed by atoms with E-state index in [1.165, 1.54) is 22.5 Å². The summed E-state index contributed by atoms with van der Waals surface area (Å²) in [5.41, 5.74) is 4.43. The summed E-state index contributed by atoms with van der Waals surface area (Å²) in [6, 6.07) is 16.1. The van der Waals surface area contributed by atoms with Crippen LogP contribution in [0.4, 0.5) is 5.95 Å². The molecule has 6 nitrogen and oxygen atoms in total. The highest BCUT2D eigenvalue weighted by molar-refractivity contribution is 7.15. The van der Waals surface area contributed by atoms with E-state index in [1.54, 1.807) is 4.52 Å². The number of thiazole rings is 1. The molecule has 4 aromatic rings. The van der Waals surface area contributed by atoms with Gasteiger partial charge in [-0.25, -0.2) is 4.52 Å². The van der Waals surface area contributed by atoms with Gasteiger partial charge in [0.15, 0.2) is 0 Å². The van der Waals surface area contributed by atoms with E-state index in [4.69, 9.17) is 4.74 Å². The van der Waals surface area contributed by atoms with Crippen molar-refractivity contribution in [2.24, 2.45) is 0 Å². The second-order valence-electron chi connectivity index (χ2n) is 6.93. The number of amides is 1. The van der Waals surface area contributed by atoms with Gasteiger partial charge in [-0.2, -0.15) is 4.98 Å². The predicted molar refractivity (Wildman–Crippen MR) is 116 cm³/mol. The van der Waals surface area contributed by atoms with Gasteiger partial charge in [-0.05, 0) is 32.4 Å². The van der Waals surface area contributed by atoms with Crippen molar-refractivity contribution in [3.63, 3.8) is 0 Å². The summed E-state index contributed by atoms with van der Waals surface area (Å²) >= 11 is 1.50.